The lowest BCUT2D eigenvalue weighted by Crippen LogP contribution is -2.41. The molecule has 0 fully saturated rings. The molecule has 0 bridgehead atoms. The number of carbonyl (C=O) groups is 1. The molecule has 4 rings (SSSR count). The molecule has 1 aromatic heterocycles. The lowest BCUT2D eigenvalue weighted by molar-refractivity contribution is 0.100. The summed E-state index contributed by atoms with van der Waals surface area (Å²) in [6.45, 7) is 3.09. The normalized spacial score (nSPS) is 15.8. The number of benzene rings is 2. The van der Waals surface area contributed by atoms with Gasteiger partial charge in [0.1, 0.15) is 0 Å². The van der Waals surface area contributed by atoms with Gasteiger partial charge in [0, 0.05) is 23.6 Å². The maximum atomic E-state index is 12.6. The number of methoxy groups -OCH3 is 2. The first-order valence-corrected chi connectivity index (χ1v) is 9.89. The number of fused-ring (bicyclic) bond motifs is 2. The Kier molecular flexibility index (Phi) is 5.34. The highest BCUT2D eigenvalue weighted by molar-refractivity contribution is 5.83. The van der Waals surface area contributed by atoms with Gasteiger partial charge in [-0.05, 0) is 54.7 Å². The van der Waals surface area contributed by atoms with Gasteiger partial charge in [0.2, 0.25) is 0 Å². The number of carbonyl (C=O) groups excluding carboxylic acids is 1. The molecule has 1 aliphatic rings. The van der Waals surface area contributed by atoms with Crippen LogP contribution in [0, 0.1) is 0 Å². The average molecular weight is 394 g/mol. The predicted octanol–water partition coefficient (Wildman–Crippen LogP) is 4.48. The Balaban J connectivity index is 1.79. The highest BCUT2D eigenvalue weighted by atomic mass is 16.5. The van der Waals surface area contributed by atoms with E-state index >= 15 is 0 Å². The zero-order chi connectivity index (χ0) is 20.4. The molecule has 1 amide bonds. The van der Waals surface area contributed by atoms with Crippen molar-refractivity contribution in [3.8, 4) is 11.5 Å². The second-order valence-electron chi connectivity index (χ2n) is 7.13. The predicted molar refractivity (Wildman–Crippen MR) is 112 cm³/mol. The summed E-state index contributed by atoms with van der Waals surface area (Å²) in [6.07, 6.45) is 3.15. The number of aromatic amines is 1. The summed E-state index contributed by atoms with van der Waals surface area (Å²) in [5, 5.41) is 1.17. The summed E-state index contributed by atoms with van der Waals surface area (Å²) in [5.74, 6) is 1.42. The minimum atomic E-state index is -0.311. The van der Waals surface area contributed by atoms with Gasteiger partial charge in [0.15, 0.2) is 11.5 Å². The Labute approximate surface area is 170 Å². The molecule has 2 aromatic carbocycles. The van der Waals surface area contributed by atoms with Crippen LogP contribution < -0.4 is 9.47 Å². The number of rotatable bonds is 5. The van der Waals surface area contributed by atoms with Crippen LogP contribution in [-0.4, -0.2) is 43.3 Å². The highest BCUT2D eigenvalue weighted by Crippen LogP contribution is 2.40. The lowest BCUT2D eigenvalue weighted by atomic mass is 9.88. The molecule has 0 unspecified atom stereocenters. The summed E-state index contributed by atoms with van der Waals surface area (Å²) in [5.41, 5.74) is 4.51. The van der Waals surface area contributed by atoms with E-state index in [-0.39, 0.29) is 12.1 Å². The number of aromatic nitrogens is 1. The first-order valence-electron chi connectivity index (χ1n) is 9.89. The Morgan fingerprint density at radius 3 is 2.79 bits per heavy atom. The van der Waals surface area contributed by atoms with Crippen molar-refractivity contribution in [3.63, 3.8) is 0 Å². The molecule has 1 N–H and O–H groups in total. The number of H-pyrrole nitrogens is 1. The second-order valence-corrected chi connectivity index (χ2v) is 7.13. The Hall–Kier alpha value is -3.15. The summed E-state index contributed by atoms with van der Waals surface area (Å²) in [6, 6.07) is 12.1. The van der Waals surface area contributed by atoms with E-state index in [1.54, 1.807) is 7.11 Å². The summed E-state index contributed by atoms with van der Waals surface area (Å²) in [4.78, 5) is 17.7. The third-order valence-electron chi connectivity index (χ3n) is 5.58. The van der Waals surface area contributed by atoms with Gasteiger partial charge in [-0.1, -0.05) is 18.2 Å². The molecule has 0 saturated heterocycles. The third-order valence-corrected chi connectivity index (χ3v) is 5.58. The average Bonchev–Trinajstić information content (AvgIpc) is 3.16. The van der Waals surface area contributed by atoms with Gasteiger partial charge in [0.25, 0.3) is 0 Å². The number of amides is 1. The van der Waals surface area contributed by atoms with E-state index in [0.717, 1.165) is 23.3 Å². The quantitative estimate of drug-likeness (QED) is 0.693. The number of nitrogens with zero attached hydrogens (tertiary/aromatic N) is 1. The van der Waals surface area contributed by atoms with Crippen LogP contribution in [-0.2, 0) is 17.6 Å². The van der Waals surface area contributed by atoms with Crippen molar-refractivity contribution in [2.24, 2.45) is 0 Å². The smallest absolute Gasteiger partial charge is 0.410 e. The van der Waals surface area contributed by atoms with Gasteiger partial charge in [0.05, 0.1) is 26.9 Å². The van der Waals surface area contributed by atoms with Gasteiger partial charge >= 0.3 is 6.09 Å². The Morgan fingerprint density at radius 2 is 2.03 bits per heavy atom. The van der Waals surface area contributed by atoms with Crippen molar-refractivity contribution >= 4 is 17.0 Å². The van der Waals surface area contributed by atoms with Crippen LogP contribution >= 0.6 is 0 Å². The molecular weight excluding hydrogens is 368 g/mol. The fraction of sp³-hybridized carbons (Fsp3) is 0.348. The van der Waals surface area contributed by atoms with Gasteiger partial charge < -0.3 is 24.1 Å². The van der Waals surface area contributed by atoms with Crippen LogP contribution in [0.25, 0.3) is 10.9 Å². The monoisotopic (exact) mass is 394 g/mol. The molecule has 0 aliphatic carbocycles. The molecule has 29 heavy (non-hydrogen) atoms. The van der Waals surface area contributed by atoms with Crippen molar-refractivity contribution in [1.29, 1.82) is 0 Å². The summed E-state index contributed by atoms with van der Waals surface area (Å²) >= 11 is 0. The molecule has 0 saturated carbocycles. The maximum Gasteiger partial charge on any atom is 0.410 e. The molecule has 6 nitrogen and oxygen atoms in total. The third kappa shape index (κ3) is 3.50. The van der Waals surface area contributed by atoms with Gasteiger partial charge in [-0.15, -0.1) is 0 Å². The van der Waals surface area contributed by atoms with E-state index in [0.29, 0.717) is 25.3 Å². The Morgan fingerprint density at radius 1 is 1.21 bits per heavy atom. The van der Waals surface area contributed by atoms with Crippen LogP contribution in [0.1, 0.15) is 29.7 Å². The molecule has 152 valence electrons. The number of hydrogen-bond donors (Lipinski definition) is 1. The van der Waals surface area contributed by atoms with Gasteiger partial charge in [-0.2, -0.15) is 0 Å². The van der Waals surface area contributed by atoms with Crippen LogP contribution in [0.15, 0.2) is 42.6 Å². The standard InChI is InChI=1S/C23H26N2O4/c1-4-29-22-13-18-15(12-21(22)27-2)9-10-25(23(26)28-3)20(18)11-16-14-24-19-8-6-5-7-17(16)19/h5-8,12-14,20,24H,4,9-11H2,1-3H3/t20-/m0/s1. The molecule has 0 spiro atoms. The number of para-hydroxylation sites is 1. The van der Waals surface area contributed by atoms with E-state index in [4.69, 9.17) is 14.2 Å². The summed E-state index contributed by atoms with van der Waals surface area (Å²) < 4.78 is 16.4. The fourth-order valence-electron chi connectivity index (χ4n) is 4.20. The second kappa shape index (κ2) is 8.07. The van der Waals surface area contributed by atoms with Crippen molar-refractivity contribution in [2.45, 2.75) is 25.8 Å². The minimum absolute atomic E-state index is 0.143. The van der Waals surface area contributed by atoms with E-state index in [9.17, 15) is 4.79 Å². The minimum Gasteiger partial charge on any atom is -0.493 e. The zero-order valence-electron chi connectivity index (χ0n) is 17.0. The Bertz CT molecular complexity index is 1030. The van der Waals surface area contributed by atoms with Crippen LogP contribution in [0.4, 0.5) is 4.79 Å². The first-order chi connectivity index (χ1) is 14.2. The van der Waals surface area contributed by atoms with Crippen molar-refractivity contribution < 1.29 is 19.0 Å². The summed E-state index contributed by atoms with van der Waals surface area (Å²) in [7, 11) is 3.08. The van der Waals surface area contributed by atoms with Crippen molar-refractivity contribution in [3.05, 3.63) is 59.3 Å². The van der Waals surface area contributed by atoms with E-state index in [1.165, 1.54) is 23.6 Å². The molecule has 1 atom stereocenters. The zero-order valence-corrected chi connectivity index (χ0v) is 17.0. The van der Waals surface area contributed by atoms with Crippen molar-refractivity contribution in [2.75, 3.05) is 27.4 Å². The maximum absolute atomic E-state index is 12.6. The molecule has 0 radical (unpaired) electrons. The molecular formula is C23H26N2O4. The van der Waals surface area contributed by atoms with E-state index in [2.05, 4.69) is 17.1 Å². The number of ether oxygens (including phenoxy) is 3. The van der Waals surface area contributed by atoms with Crippen LogP contribution in [0.5, 0.6) is 11.5 Å². The SMILES string of the molecule is CCOc1cc2c(cc1OC)CCN(C(=O)OC)[C@H]2Cc1c[nH]c2ccccc12. The van der Waals surface area contributed by atoms with Crippen LogP contribution in [0.3, 0.4) is 0 Å². The van der Waals surface area contributed by atoms with Crippen molar-refractivity contribution in [1.82, 2.24) is 9.88 Å². The highest BCUT2D eigenvalue weighted by Gasteiger charge is 2.33. The van der Waals surface area contributed by atoms with E-state index < -0.39 is 0 Å². The van der Waals surface area contributed by atoms with Crippen LogP contribution in [0.2, 0.25) is 0 Å². The van der Waals surface area contributed by atoms with E-state index in [1.807, 2.05) is 42.3 Å². The first kappa shape index (κ1) is 19.2. The van der Waals surface area contributed by atoms with Gasteiger partial charge in [-0.25, -0.2) is 4.79 Å². The molecule has 2 heterocycles. The topological polar surface area (TPSA) is 63.8 Å². The molecule has 3 aromatic rings. The fourth-order valence-corrected chi connectivity index (χ4v) is 4.20. The van der Waals surface area contributed by atoms with Gasteiger partial charge in [-0.3, -0.25) is 0 Å². The number of hydrogen-bond acceptors (Lipinski definition) is 4. The molecule has 1 aliphatic heterocycles. The largest absolute Gasteiger partial charge is 0.493 e. The molecule has 6 heteroatoms. The number of nitrogens with one attached hydrogen (secondary N) is 1. The lowest BCUT2D eigenvalue weighted by Gasteiger charge is -2.37.